The van der Waals surface area contributed by atoms with Gasteiger partial charge in [-0.25, -0.2) is 0 Å². The number of amides is 1. The van der Waals surface area contributed by atoms with E-state index in [4.69, 9.17) is 0 Å². The van der Waals surface area contributed by atoms with Gasteiger partial charge in [0.05, 0.1) is 6.54 Å². The van der Waals surface area contributed by atoms with Gasteiger partial charge in [0.25, 0.3) is 5.91 Å². The van der Waals surface area contributed by atoms with Gasteiger partial charge in [-0.15, -0.1) is 0 Å². The van der Waals surface area contributed by atoms with Crippen molar-refractivity contribution in [2.45, 2.75) is 56.3 Å². The van der Waals surface area contributed by atoms with E-state index in [0.29, 0.717) is 43.5 Å². The predicted molar refractivity (Wildman–Crippen MR) is 101 cm³/mol. The second-order valence-electron chi connectivity index (χ2n) is 8.56. The summed E-state index contributed by atoms with van der Waals surface area (Å²) in [6.45, 7) is 0.962. The first-order valence-corrected chi connectivity index (χ1v) is 10.3. The van der Waals surface area contributed by atoms with E-state index < -0.39 is 12.7 Å². The van der Waals surface area contributed by atoms with Crippen molar-refractivity contribution in [3.05, 3.63) is 35.4 Å². The maximum absolute atomic E-state index is 12.6. The summed E-state index contributed by atoms with van der Waals surface area (Å²) in [4.78, 5) is 14.0. The summed E-state index contributed by atoms with van der Waals surface area (Å²) in [5.41, 5.74) is 1.84. The quantitative estimate of drug-likeness (QED) is 0.745. The van der Waals surface area contributed by atoms with Gasteiger partial charge in [-0.05, 0) is 62.3 Å². The number of hydrogen-bond donors (Lipinski definition) is 2. The summed E-state index contributed by atoms with van der Waals surface area (Å²) in [7, 11) is 0. The molecule has 0 aromatic heterocycles. The highest BCUT2D eigenvalue weighted by Gasteiger charge is 2.39. The summed E-state index contributed by atoms with van der Waals surface area (Å²) in [6.07, 6.45) is 0.749. The fraction of sp³-hybridized carbons (Fsp3) is 0.667. The van der Waals surface area contributed by atoms with Crippen molar-refractivity contribution in [1.82, 2.24) is 15.5 Å². The van der Waals surface area contributed by atoms with Crippen LogP contribution < -0.4 is 10.6 Å². The topological polar surface area (TPSA) is 44.4 Å². The molecular weight excluding hydrogens is 367 g/mol. The molecule has 2 atom stereocenters. The average Bonchev–Trinajstić information content (AvgIpc) is 3.55. The third kappa shape index (κ3) is 5.47. The molecule has 0 radical (unpaired) electrons. The van der Waals surface area contributed by atoms with Crippen LogP contribution in [0.3, 0.4) is 0 Å². The first-order chi connectivity index (χ1) is 13.4. The highest BCUT2D eigenvalue weighted by molar-refractivity contribution is 5.94. The number of rotatable bonds is 7. The minimum atomic E-state index is -4.16. The van der Waals surface area contributed by atoms with E-state index in [9.17, 15) is 18.0 Å². The number of benzene rings is 1. The Morgan fingerprint density at radius 3 is 2.57 bits per heavy atom. The van der Waals surface area contributed by atoms with Crippen LogP contribution in [-0.2, 0) is 0 Å². The molecule has 3 aliphatic rings. The second kappa shape index (κ2) is 8.03. The van der Waals surface area contributed by atoms with Crippen molar-refractivity contribution in [3.8, 4) is 0 Å². The number of nitrogens with one attached hydrogen (secondary N) is 2. The Balaban J connectivity index is 1.25. The van der Waals surface area contributed by atoms with Gasteiger partial charge in [0.1, 0.15) is 0 Å². The molecule has 1 amide bonds. The molecule has 1 aromatic rings. The Bertz CT molecular complexity index is 696. The Kier molecular flexibility index (Phi) is 5.65. The fourth-order valence-electron chi connectivity index (χ4n) is 4.10. The first kappa shape index (κ1) is 19.7. The predicted octanol–water partition coefficient (Wildman–Crippen LogP) is 3.30. The number of alkyl halides is 3. The van der Waals surface area contributed by atoms with E-state index in [-0.39, 0.29) is 11.9 Å². The summed E-state index contributed by atoms with van der Waals surface area (Å²) in [6, 6.07) is 8.25. The van der Waals surface area contributed by atoms with Crippen LogP contribution in [0.2, 0.25) is 0 Å². The molecule has 0 bridgehead atoms. The van der Waals surface area contributed by atoms with Crippen LogP contribution in [0.1, 0.15) is 53.9 Å². The lowest BCUT2D eigenvalue weighted by Gasteiger charge is -2.32. The third-order valence-corrected chi connectivity index (χ3v) is 6.06. The van der Waals surface area contributed by atoms with E-state index >= 15 is 0 Å². The molecule has 3 fully saturated rings. The van der Waals surface area contributed by atoms with Gasteiger partial charge >= 0.3 is 6.18 Å². The van der Waals surface area contributed by atoms with E-state index in [2.05, 4.69) is 16.7 Å². The monoisotopic (exact) mass is 395 g/mol. The maximum atomic E-state index is 12.6. The molecule has 1 aliphatic heterocycles. The van der Waals surface area contributed by atoms with Crippen LogP contribution in [0.4, 0.5) is 13.2 Å². The fourth-order valence-corrected chi connectivity index (χ4v) is 4.10. The van der Waals surface area contributed by atoms with Crippen molar-refractivity contribution in [2.24, 2.45) is 5.92 Å². The van der Waals surface area contributed by atoms with Gasteiger partial charge < -0.3 is 10.6 Å². The Labute approximate surface area is 163 Å². The Morgan fingerprint density at radius 1 is 1.14 bits per heavy atom. The number of likely N-dealkylation sites (tertiary alicyclic amines) is 1. The summed E-state index contributed by atoms with van der Waals surface area (Å²) < 4.78 is 37.4. The van der Waals surface area contributed by atoms with Crippen LogP contribution >= 0.6 is 0 Å². The maximum Gasteiger partial charge on any atom is 0.401 e. The summed E-state index contributed by atoms with van der Waals surface area (Å²) >= 11 is 0. The number of halogens is 3. The molecule has 28 heavy (non-hydrogen) atoms. The van der Waals surface area contributed by atoms with Crippen LogP contribution in [0, 0.1) is 5.92 Å². The molecule has 1 heterocycles. The zero-order valence-electron chi connectivity index (χ0n) is 16.0. The lowest BCUT2D eigenvalue weighted by Crippen LogP contribution is -2.47. The summed E-state index contributed by atoms with van der Waals surface area (Å²) in [5.74, 6) is 1.22. The molecule has 1 aromatic carbocycles. The number of nitrogens with zero attached hydrogens (tertiary/aromatic N) is 1. The van der Waals surface area contributed by atoms with Gasteiger partial charge in [-0.2, -0.15) is 13.2 Å². The number of carbonyl (C=O) groups is 1. The van der Waals surface area contributed by atoms with Crippen molar-refractivity contribution in [3.63, 3.8) is 0 Å². The largest absolute Gasteiger partial charge is 0.401 e. The molecule has 2 saturated carbocycles. The number of piperidine rings is 1. The van der Waals surface area contributed by atoms with E-state index in [1.54, 1.807) is 0 Å². The molecule has 1 saturated heterocycles. The van der Waals surface area contributed by atoms with Crippen LogP contribution in [-0.4, -0.2) is 55.2 Å². The molecule has 7 heteroatoms. The van der Waals surface area contributed by atoms with Crippen molar-refractivity contribution in [1.29, 1.82) is 0 Å². The van der Waals surface area contributed by atoms with Crippen LogP contribution in [0.25, 0.3) is 0 Å². The molecule has 2 aliphatic carbocycles. The Morgan fingerprint density at radius 2 is 1.89 bits per heavy atom. The molecule has 4 nitrogen and oxygen atoms in total. The van der Waals surface area contributed by atoms with Gasteiger partial charge in [0.2, 0.25) is 0 Å². The van der Waals surface area contributed by atoms with Crippen molar-refractivity contribution < 1.29 is 18.0 Å². The van der Waals surface area contributed by atoms with Gasteiger partial charge in [0, 0.05) is 36.7 Å². The smallest absolute Gasteiger partial charge is 0.349 e. The molecule has 2 N–H and O–H groups in total. The van der Waals surface area contributed by atoms with E-state index in [1.807, 2.05) is 18.2 Å². The average molecular weight is 395 g/mol. The van der Waals surface area contributed by atoms with Crippen LogP contribution in [0.15, 0.2) is 24.3 Å². The second-order valence-corrected chi connectivity index (χ2v) is 8.56. The normalized spacial score (nSPS) is 26.2. The minimum Gasteiger partial charge on any atom is -0.349 e. The Hall–Kier alpha value is -1.60. The molecule has 154 valence electrons. The zero-order chi connectivity index (χ0) is 19.7. The van der Waals surface area contributed by atoms with Gasteiger partial charge in [0.15, 0.2) is 0 Å². The number of carbonyl (C=O) groups excluding carboxylic acids is 1. The van der Waals surface area contributed by atoms with Crippen LogP contribution in [0.5, 0.6) is 0 Å². The van der Waals surface area contributed by atoms with Gasteiger partial charge in [-0.1, -0.05) is 12.1 Å². The van der Waals surface area contributed by atoms with Gasteiger partial charge in [-0.3, -0.25) is 9.69 Å². The lowest BCUT2D eigenvalue weighted by atomic mass is 10.0. The zero-order valence-corrected chi connectivity index (χ0v) is 16.0. The molecule has 4 rings (SSSR count). The summed E-state index contributed by atoms with van der Waals surface area (Å²) in [5, 5.41) is 6.62. The lowest BCUT2D eigenvalue weighted by molar-refractivity contribution is -0.148. The van der Waals surface area contributed by atoms with E-state index in [1.165, 1.54) is 23.3 Å². The minimum absolute atomic E-state index is 0.0606. The SMILES string of the molecule is O=C(NC1CCN(CC(F)(F)F)CC1)c1cccc([C@@H]2C[C@H]2NCC2CC2)c1. The molecule has 0 spiro atoms. The third-order valence-electron chi connectivity index (χ3n) is 6.06. The van der Waals surface area contributed by atoms with Crippen molar-refractivity contribution >= 4 is 5.91 Å². The standard InChI is InChI=1S/C21H28F3N3O/c22-21(23,24)13-27-8-6-17(7-9-27)26-20(28)16-3-1-2-15(10-16)18-11-19(18)25-12-14-4-5-14/h1-3,10,14,17-19,25H,4-9,11-13H2,(H,26,28)/t18-,19+/m0/s1. The van der Waals surface area contributed by atoms with Crippen molar-refractivity contribution in [2.75, 3.05) is 26.2 Å². The molecule has 0 unspecified atom stereocenters. The van der Waals surface area contributed by atoms with E-state index in [0.717, 1.165) is 18.9 Å². The first-order valence-electron chi connectivity index (χ1n) is 10.3. The number of hydrogen-bond acceptors (Lipinski definition) is 3. The highest BCUT2D eigenvalue weighted by atomic mass is 19.4. The highest BCUT2D eigenvalue weighted by Crippen LogP contribution is 2.41. The molecular formula is C21H28F3N3O.